The van der Waals surface area contributed by atoms with Crippen molar-refractivity contribution >= 4 is 62.3 Å². The fraction of sp³-hybridized carbons (Fsp3) is 0.391. The van der Waals surface area contributed by atoms with E-state index >= 15 is 0 Å². The van der Waals surface area contributed by atoms with Crippen molar-refractivity contribution in [3.05, 3.63) is 62.6 Å². The Morgan fingerprint density at radius 1 is 1.05 bits per heavy atom. The number of hydrogen-bond acceptors (Lipinski definition) is 4. The summed E-state index contributed by atoms with van der Waals surface area (Å²) in [5.74, 6) is -1.38. The van der Waals surface area contributed by atoms with E-state index in [-0.39, 0.29) is 16.6 Å². The number of sulfonamides is 1. The van der Waals surface area contributed by atoms with Crippen LogP contribution in [0.1, 0.15) is 31.4 Å². The third-order valence-corrected chi connectivity index (χ3v) is 7.33. The standard InChI is InChI=1S/C23H25Cl3F3N3O4S/c1-4-9-30-22(34)14(2)31(12-15-5-7-17(24)11-19(15)26)21(33)13-32(37(3,35)36)20-10-16(23(27,28)29)6-8-18(20)25/h5-8,10-11,14H,4,9,12-13H2,1-3H3,(H,30,34). The summed E-state index contributed by atoms with van der Waals surface area (Å²) < 4.78 is 65.6. The van der Waals surface area contributed by atoms with Crippen LogP contribution in [0.2, 0.25) is 15.1 Å². The number of halogens is 6. The summed E-state index contributed by atoms with van der Waals surface area (Å²) in [6.07, 6.45) is -3.42. The summed E-state index contributed by atoms with van der Waals surface area (Å²) in [6, 6.07) is 5.57. The Bertz CT molecular complexity index is 1260. The quantitative estimate of drug-likeness (QED) is 0.396. The van der Waals surface area contributed by atoms with Gasteiger partial charge in [-0.25, -0.2) is 8.42 Å². The molecule has 1 N–H and O–H groups in total. The molecular weight excluding hydrogens is 578 g/mol. The molecule has 7 nitrogen and oxygen atoms in total. The van der Waals surface area contributed by atoms with E-state index in [1.807, 2.05) is 6.92 Å². The highest BCUT2D eigenvalue weighted by atomic mass is 35.5. The lowest BCUT2D eigenvalue weighted by atomic mass is 10.1. The monoisotopic (exact) mass is 601 g/mol. The molecule has 0 saturated carbocycles. The molecule has 2 amide bonds. The molecule has 0 aromatic heterocycles. The van der Waals surface area contributed by atoms with Gasteiger partial charge < -0.3 is 10.2 Å². The molecule has 0 fully saturated rings. The van der Waals surface area contributed by atoms with Gasteiger partial charge in [0.25, 0.3) is 0 Å². The normalized spacial score (nSPS) is 12.7. The molecule has 0 aliphatic heterocycles. The van der Waals surface area contributed by atoms with E-state index in [0.717, 1.165) is 17.2 Å². The molecular formula is C23H25Cl3F3N3O4S. The SMILES string of the molecule is CCCNC(=O)C(C)N(Cc1ccc(Cl)cc1Cl)C(=O)CN(c1cc(C(F)(F)F)ccc1Cl)S(C)(=O)=O. The van der Waals surface area contributed by atoms with E-state index in [1.165, 1.54) is 19.1 Å². The van der Waals surface area contributed by atoms with Gasteiger partial charge in [-0.3, -0.25) is 13.9 Å². The van der Waals surface area contributed by atoms with Crippen LogP contribution < -0.4 is 9.62 Å². The predicted molar refractivity (Wildman–Crippen MR) is 138 cm³/mol. The molecule has 0 aliphatic carbocycles. The Morgan fingerprint density at radius 3 is 2.24 bits per heavy atom. The molecule has 204 valence electrons. The van der Waals surface area contributed by atoms with Crippen LogP contribution in [0.25, 0.3) is 0 Å². The van der Waals surface area contributed by atoms with Gasteiger partial charge in [-0.05, 0) is 49.2 Å². The number of nitrogens with one attached hydrogen (secondary N) is 1. The van der Waals surface area contributed by atoms with Gasteiger partial charge in [0.15, 0.2) is 0 Å². The summed E-state index contributed by atoms with van der Waals surface area (Å²) in [5, 5.41) is 2.88. The number of alkyl halides is 3. The van der Waals surface area contributed by atoms with Crippen LogP contribution in [-0.2, 0) is 32.3 Å². The van der Waals surface area contributed by atoms with Gasteiger partial charge in [0.05, 0.1) is 22.5 Å². The number of hydrogen-bond donors (Lipinski definition) is 1. The average molecular weight is 603 g/mol. The molecule has 0 radical (unpaired) electrons. The Hall–Kier alpha value is -2.21. The lowest BCUT2D eigenvalue weighted by Crippen LogP contribution is -2.51. The van der Waals surface area contributed by atoms with Crippen molar-refractivity contribution in [1.82, 2.24) is 10.2 Å². The number of anilines is 1. The van der Waals surface area contributed by atoms with Gasteiger partial charge in [-0.15, -0.1) is 0 Å². The Balaban J connectivity index is 2.51. The molecule has 0 heterocycles. The predicted octanol–water partition coefficient (Wildman–Crippen LogP) is 5.38. The van der Waals surface area contributed by atoms with E-state index < -0.39 is 51.9 Å². The molecule has 14 heteroatoms. The Kier molecular flexibility index (Phi) is 10.5. The minimum atomic E-state index is -4.78. The largest absolute Gasteiger partial charge is 0.416 e. The third kappa shape index (κ3) is 8.39. The zero-order chi connectivity index (χ0) is 28.1. The number of carbonyl (C=O) groups is 2. The van der Waals surface area contributed by atoms with Crippen LogP contribution in [0.15, 0.2) is 36.4 Å². The fourth-order valence-corrected chi connectivity index (χ4v) is 4.88. The second-order valence-electron chi connectivity index (χ2n) is 8.16. The maximum atomic E-state index is 13.5. The van der Waals surface area contributed by atoms with E-state index in [0.29, 0.717) is 40.0 Å². The number of benzene rings is 2. The molecule has 2 rings (SSSR count). The van der Waals surface area contributed by atoms with Crippen LogP contribution in [0.5, 0.6) is 0 Å². The number of rotatable bonds is 10. The minimum Gasteiger partial charge on any atom is -0.354 e. The first-order valence-corrected chi connectivity index (χ1v) is 13.9. The van der Waals surface area contributed by atoms with Gasteiger partial charge >= 0.3 is 6.18 Å². The minimum absolute atomic E-state index is 0.201. The van der Waals surface area contributed by atoms with Crippen molar-refractivity contribution < 1.29 is 31.2 Å². The van der Waals surface area contributed by atoms with Gasteiger partial charge in [0, 0.05) is 23.1 Å². The highest BCUT2D eigenvalue weighted by molar-refractivity contribution is 7.92. The van der Waals surface area contributed by atoms with E-state index in [9.17, 15) is 31.2 Å². The first-order chi connectivity index (χ1) is 17.1. The van der Waals surface area contributed by atoms with Crippen molar-refractivity contribution in [2.75, 3.05) is 23.7 Å². The first kappa shape index (κ1) is 31.0. The van der Waals surface area contributed by atoms with Crippen LogP contribution >= 0.6 is 34.8 Å². The van der Waals surface area contributed by atoms with Crippen LogP contribution in [0, 0.1) is 0 Å². The molecule has 37 heavy (non-hydrogen) atoms. The van der Waals surface area contributed by atoms with Crippen molar-refractivity contribution in [2.24, 2.45) is 0 Å². The van der Waals surface area contributed by atoms with Gasteiger partial charge in [-0.1, -0.05) is 47.8 Å². The summed E-state index contributed by atoms with van der Waals surface area (Å²) in [7, 11) is -4.29. The van der Waals surface area contributed by atoms with E-state index in [1.54, 1.807) is 6.07 Å². The molecule has 1 atom stereocenters. The van der Waals surface area contributed by atoms with Crippen molar-refractivity contribution in [3.63, 3.8) is 0 Å². The van der Waals surface area contributed by atoms with E-state index in [2.05, 4.69) is 5.32 Å². The molecule has 0 aliphatic rings. The molecule has 2 aromatic rings. The lowest BCUT2D eigenvalue weighted by Gasteiger charge is -2.32. The van der Waals surface area contributed by atoms with Crippen molar-refractivity contribution in [3.8, 4) is 0 Å². The molecule has 2 aromatic carbocycles. The second-order valence-corrected chi connectivity index (χ2v) is 11.3. The number of amides is 2. The maximum absolute atomic E-state index is 13.5. The zero-order valence-electron chi connectivity index (χ0n) is 20.1. The molecule has 1 unspecified atom stereocenters. The molecule has 0 spiro atoms. The van der Waals surface area contributed by atoms with E-state index in [4.69, 9.17) is 34.8 Å². The Labute approximate surface area is 228 Å². The summed E-state index contributed by atoms with van der Waals surface area (Å²) >= 11 is 18.2. The highest BCUT2D eigenvalue weighted by Crippen LogP contribution is 2.36. The Morgan fingerprint density at radius 2 is 1.70 bits per heavy atom. The topological polar surface area (TPSA) is 86.8 Å². The lowest BCUT2D eigenvalue weighted by molar-refractivity contribution is -0.139. The number of nitrogens with zero attached hydrogens (tertiary/aromatic N) is 2. The maximum Gasteiger partial charge on any atom is 0.416 e. The van der Waals surface area contributed by atoms with Crippen LogP contribution in [-0.4, -0.2) is 50.5 Å². The summed E-state index contributed by atoms with van der Waals surface area (Å²) in [4.78, 5) is 27.3. The highest BCUT2D eigenvalue weighted by Gasteiger charge is 2.34. The summed E-state index contributed by atoms with van der Waals surface area (Å²) in [6.45, 7) is 2.49. The van der Waals surface area contributed by atoms with Gasteiger partial charge in [-0.2, -0.15) is 13.2 Å². The first-order valence-electron chi connectivity index (χ1n) is 10.9. The summed E-state index contributed by atoms with van der Waals surface area (Å²) in [5.41, 5.74) is -1.26. The molecule has 0 bridgehead atoms. The van der Waals surface area contributed by atoms with Crippen molar-refractivity contribution in [1.29, 1.82) is 0 Å². The smallest absolute Gasteiger partial charge is 0.354 e. The van der Waals surface area contributed by atoms with Gasteiger partial charge in [0.1, 0.15) is 12.6 Å². The fourth-order valence-electron chi connectivity index (χ4n) is 3.29. The van der Waals surface area contributed by atoms with Gasteiger partial charge in [0.2, 0.25) is 21.8 Å². The zero-order valence-corrected chi connectivity index (χ0v) is 23.2. The van der Waals surface area contributed by atoms with Crippen LogP contribution in [0.3, 0.4) is 0 Å². The van der Waals surface area contributed by atoms with Crippen LogP contribution in [0.4, 0.5) is 18.9 Å². The molecule has 0 saturated heterocycles. The second kappa shape index (κ2) is 12.6. The van der Waals surface area contributed by atoms with Crippen molar-refractivity contribution in [2.45, 2.75) is 39.0 Å². The third-order valence-electron chi connectivity index (χ3n) is 5.29. The average Bonchev–Trinajstić information content (AvgIpc) is 2.79. The number of carbonyl (C=O) groups excluding carboxylic acids is 2.